The van der Waals surface area contributed by atoms with Gasteiger partial charge < -0.3 is 42.5 Å². The third-order valence-corrected chi connectivity index (χ3v) is 23.2. The van der Waals surface area contributed by atoms with Crippen LogP contribution in [-0.4, -0.2) is 44.6 Å². The second-order valence-corrected chi connectivity index (χ2v) is 35.8. The van der Waals surface area contributed by atoms with E-state index in [4.69, 9.17) is 48.9 Å². The first-order valence-corrected chi connectivity index (χ1v) is 42.0. The Morgan fingerprint density at radius 3 is 0.336 bits per heavy atom. The van der Waals surface area contributed by atoms with Crippen LogP contribution in [-0.2, 0) is 22.2 Å². The quantitative estimate of drug-likeness (QED) is 0.0276. The second-order valence-electron chi connectivity index (χ2n) is 34.1. The molecule has 116 heavy (non-hydrogen) atoms. The molecule has 0 aromatic heterocycles. The highest BCUT2D eigenvalue weighted by atomic mass is 32.1. The lowest BCUT2D eigenvalue weighted by Gasteiger charge is -2.39. The van der Waals surface area contributed by atoms with Crippen LogP contribution < -0.4 is 42.5 Å². The molecule has 0 aliphatic rings. The highest BCUT2D eigenvalue weighted by Crippen LogP contribution is 2.42. The van der Waals surface area contributed by atoms with E-state index in [1.54, 1.807) is 0 Å². The third-order valence-electron chi connectivity index (χ3n) is 22.3. The molecule has 0 fully saturated rings. The minimum Gasteiger partial charge on any atom is -0.360 e. The molecule has 0 amide bonds. The molecule has 0 bridgehead atoms. The molecule has 0 radical (unpaired) electrons. The van der Waals surface area contributed by atoms with E-state index in [1.165, 1.54) is 0 Å². The standard InChI is InChI=1S/4C26H30N2S/c4*1-20(25(2,3)4)27-24(29)28-26(21-14-8-5-9-15-21,22-16-10-6-11-17-22)23-18-12-7-13-19-23/h4*5-20H,1-4H3,(H2,27,28,29)/t4*20-/m1111/s1. The summed E-state index contributed by atoms with van der Waals surface area (Å²) in [5.41, 5.74) is 11.7. The van der Waals surface area contributed by atoms with E-state index >= 15 is 0 Å². The Hall–Kier alpha value is -10.6. The van der Waals surface area contributed by atoms with Gasteiger partial charge in [-0.05, 0) is 165 Å². The summed E-state index contributed by atoms with van der Waals surface area (Å²) in [6.07, 6.45) is 0. The SMILES string of the molecule is C[C@@H](NC(=S)NC(c1ccccc1)(c1ccccc1)c1ccccc1)C(C)(C)C.C[C@@H](NC(=S)NC(c1ccccc1)(c1ccccc1)c1ccccc1)C(C)(C)C.C[C@@H](NC(=S)NC(c1ccccc1)(c1ccccc1)c1ccccc1)C(C)(C)C.C[C@@H](NC(=S)NC(c1ccccc1)(c1ccccc1)c1ccccc1)C(C)(C)C. The van der Waals surface area contributed by atoms with Crippen LogP contribution in [0.5, 0.6) is 0 Å². The van der Waals surface area contributed by atoms with E-state index < -0.39 is 22.2 Å². The Morgan fingerprint density at radius 1 is 0.172 bits per heavy atom. The van der Waals surface area contributed by atoms with Crippen LogP contribution >= 0.6 is 48.9 Å². The number of thiocarbonyl (C=S) groups is 4. The molecule has 12 aromatic carbocycles. The molecule has 12 aromatic rings. The molecule has 12 heteroatoms. The number of rotatable bonds is 20. The van der Waals surface area contributed by atoms with Crippen LogP contribution in [0.1, 0.15) is 178 Å². The maximum absolute atomic E-state index is 5.83. The summed E-state index contributed by atoms with van der Waals surface area (Å²) in [5.74, 6) is 0. The molecule has 0 heterocycles. The lowest BCUT2D eigenvalue weighted by molar-refractivity contribution is 0.314. The van der Waals surface area contributed by atoms with Gasteiger partial charge in [-0.1, -0.05) is 447 Å². The molecule has 8 N–H and O–H groups in total. The largest absolute Gasteiger partial charge is 0.360 e. The third kappa shape index (κ3) is 22.9. The van der Waals surface area contributed by atoms with Gasteiger partial charge in [-0.15, -0.1) is 0 Å². The topological polar surface area (TPSA) is 96.2 Å². The van der Waals surface area contributed by atoms with Crippen molar-refractivity contribution < 1.29 is 0 Å². The minimum absolute atomic E-state index is 0.0979. The summed E-state index contributed by atoms with van der Waals surface area (Å²) in [7, 11) is 0. The number of hydrogen-bond acceptors (Lipinski definition) is 4. The van der Waals surface area contributed by atoms with Crippen molar-refractivity contribution in [2.24, 2.45) is 21.7 Å². The van der Waals surface area contributed by atoms with Crippen molar-refractivity contribution in [1.82, 2.24) is 42.5 Å². The highest BCUT2D eigenvalue weighted by Gasteiger charge is 2.42. The Morgan fingerprint density at radius 2 is 0.259 bits per heavy atom. The van der Waals surface area contributed by atoms with Crippen molar-refractivity contribution in [3.05, 3.63) is 431 Å². The fourth-order valence-corrected chi connectivity index (χ4v) is 14.9. The number of hydrogen-bond donors (Lipinski definition) is 8. The van der Waals surface area contributed by atoms with Gasteiger partial charge in [0, 0.05) is 24.2 Å². The van der Waals surface area contributed by atoms with Gasteiger partial charge in [-0.3, -0.25) is 0 Å². The van der Waals surface area contributed by atoms with Crippen molar-refractivity contribution in [3.63, 3.8) is 0 Å². The molecule has 0 saturated carbocycles. The van der Waals surface area contributed by atoms with Gasteiger partial charge in [0.25, 0.3) is 0 Å². The highest BCUT2D eigenvalue weighted by molar-refractivity contribution is 7.80. The number of nitrogens with one attached hydrogen (secondary N) is 8. The van der Waals surface area contributed by atoms with E-state index in [9.17, 15) is 0 Å². The summed E-state index contributed by atoms with van der Waals surface area (Å²) >= 11 is 23.3. The summed E-state index contributed by atoms with van der Waals surface area (Å²) in [4.78, 5) is 0. The van der Waals surface area contributed by atoms with Crippen LogP contribution in [0.25, 0.3) is 0 Å². The predicted molar refractivity (Wildman–Crippen MR) is 508 cm³/mol. The summed E-state index contributed by atoms with van der Waals surface area (Å²) in [6.45, 7) is 35.3. The average molecular weight is 1610 g/mol. The predicted octanol–water partition coefficient (Wildman–Crippen LogP) is 23.5. The fourth-order valence-electron chi connectivity index (χ4n) is 13.6. The molecule has 12 rings (SSSR count). The normalized spacial score (nSPS) is 12.8. The molecule has 600 valence electrons. The lowest BCUT2D eigenvalue weighted by Crippen LogP contribution is -2.54. The zero-order valence-electron chi connectivity index (χ0n) is 70.6. The molecule has 4 atom stereocenters. The summed E-state index contributed by atoms with van der Waals surface area (Å²) < 4.78 is 0. The first-order valence-electron chi connectivity index (χ1n) is 40.4. The van der Waals surface area contributed by atoms with Gasteiger partial charge in [-0.25, -0.2) is 0 Å². The molecular weight excluding hydrogens is 1490 g/mol. The Balaban J connectivity index is 0.000000177. The Bertz CT molecular complexity index is 3910. The van der Waals surface area contributed by atoms with Crippen molar-refractivity contribution in [2.45, 2.75) is 157 Å². The Kier molecular flexibility index (Phi) is 31.4. The fraction of sp³-hybridized carbons (Fsp3) is 0.269. The van der Waals surface area contributed by atoms with Crippen LogP contribution in [0.4, 0.5) is 0 Å². The molecule has 0 spiro atoms. The second kappa shape index (κ2) is 40.8. The van der Waals surface area contributed by atoms with Gasteiger partial charge >= 0.3 is 0 Å². The maximum Gasteiger partial charge on any atom is 0.167 e. The number of benzene rings is 12. The van der Waals surface area contributed by atoms with Gasteiger partial charge in [-0.2, -0.15) is 0 Å². The van der Waals surface area contributed by atoms with E-state index in [2.05, 4.69) is 444 Å². The van der Waals surface area contributed by atoms with E-state index in [0.29, 0.717) is 20.4 Å². The monoisotopic (exact) mass is 1610 g/mol. The first-order chi connectivity index (χ1) is 55.3. The molecule has 0 unspecified atom stereocenters. The van der Waals surface area contributed by atoms with Crippen molar-refractivity contribution in [3.8, 4) is 0 Å². The minimum atomic E-state index is -0.592. The Labute approximate surface area is 716 Å². The summed E-state index contributed by atoms with van der Waals surface area (Å²) in [5, 5.41) is 31.4. The van der Waals surface area contributed by atoms with E-state index in [0.717, 1.165) is 66.8 Å². The van der Waals surface area contributed by atoms with Gasteiger partial charge in [0.15, 0.2) is 20.4 Å². The smallest absolute Gasteiger partial charge is 0.167 e. The molecule has 8 nitrogen and oxygen atoms in total. The van der Waals surface area contributed by atoms with Crippen molar-refractivity contribution in [1.29, 1.82) is 0 Å². The zero-order chi connectivity index (χ0) is 83.6. The average Bonchev–Trinajstić information content (AvgIpc) is 0.772. The van der Waals surface area contributed by atoms with Crippen molar-refractivity contribution >= 4 is 69.3 Å². The van der Waals surface area contributed by atoms with Crippen LogP contribution in [0, 0.1) is 21.7 Å². The van der Waals surface area contributed by atoms with Crippen LogP contribution in [0.15, 0.2) is 364 Å². The first kappa shape index (κ1) is 89.3. The lowest BCUT2D eigenvalue weighted by atomic mass is 9.77. The molecular formula is C104H120N8S4. The molecule has 0 saturated heterocycles. The van der Waals surface area contributed by atoms with Gasteiger partial charge in [0.1, 0.15) is 22.2 Å². The van der Waals surface area contributed by atoms with Crippen LogP contribution in [0.2, 0.25) is 0 Å². The molecule has 0 aliphatic carbocycles. The molecule has 0 aliphatic heterocycles. The maximum atomic E-state index is 5.83. The zero-order valence-corrected chi connectivity index (χ0v) is 73.8. The van der Waals surface area contributed by atoms with Crippen LogP contribution in [0.3, 0.4) is 0 Å². The van der Waals surface area contributed by atoms with E-state index in [1.807, 2.05) is 72.8 Å². The van der Waals surface area contributed by atoms with Gasteiger partial charge in [0.2, 0.25) is 0 Å². The van der Waals surface area contributed by atoms with Crippen molar-refractivity contribution in [2.75, 3.05) is 0 Å². The summed E-state index contributed by atoms with van der Waals surface area (Å²) in [6, 6.07) is 127. The van der Waals surface area contributed by atoms with Gasteiger partial charge in [0.05, 0.1) is 0 Å². The van der Waals surface area contributed by atoms with E-state index in [-0.39, 0.29) is 45.8 Å².